The maximum atomic E-state index is 13.4. The van der Waals surface area contributed by atoms with E-state index in [2.05, 4.69) is 27.8 Å². The van der Waals surface area contributed by atoms with Crippen LogP contribution in [0.1, 0.15) is 5.56 Å². The number of carbonyl (C=O) groups is 1. The Balaban J connectivity index is 1.84. The maximum absolute atomic E-state index is 13.4. The fourth-order valence-corrected chi connectivity index (χ4v) is 4.57. The molecule has 1 amide bonds. The Morgan fingerprint density at radius 2 is 1.66 bits per heavy atom. The molecule has 0 atom stereocenters. The van der Waals surface area contributed by atoms with Crippen molar-refractivity contribution in [1.82, 2.24) is 0 Å². The van der Waals surface area contributed by atoms with E-state index in [1.807, 2.05) is 6.92 Å². The van der Waals surface area contributed by atoms with Gasteiger partial charge in [-0.2, -0.15) is 0 Å². The summed E-state index contributed by atoms with van der Waals surface area (Å²) in [5.74, 6) is 0.171. The third-order valence-electron chi connectivity index (χ3n) is 4.52. The number of halogens is 1. The van der Waals surface area contributed by atoms with E-state index in [0.717, 1.165) is 14.3 Å². The monoisotopic (exact) mass is 514 g/mol. The Bertz CT molecular complexity index is 1180. The van der Waals surface area contributed by atoms with E-state index in [4.69, 9.17) is 4.74 Å². The molecular weight excluding hydrogens is 492 g/mol. The number of nitrogens with zero attached hydrogens (tertiary/aromatic N) is 1. The molecule has 0 aliphatic rings. The lowest BCUT2D eigenvalue weighted by atomic mass is 10.2. The number of anilines is 2. The third kappa shape index (κ3) is 5.99. The highest BCUT2D eigenvalue weighted by atomic mass is 79.9. The van der Waals surface area contributed by atoms with Crippen molar-refractivity contribution in [2.75, 3.05) is 22.8 Å². The van der Waals surface area contributed by atoms with Crippen molar-refractivity contribution in [1.29, 1.82) is 0 Å². The van der Waals surface area contributed by atoms with Crippen molar-refractivity contribution in [3.8, 4) is 5.75 Å². The van der Waals surface area contributed by atoms with Crippen molar-refractivity contribution < 1.29 is 17.9 Å². The summed E-state index contributed by atoms with van der Waals surface area (Å²) in [5, 5.41) is 2.74. The maximum Gasteiger partial charge on any atom is 0.264 e. The molecule has 0 saturated heterocycles. The van der Waals surface area contributed by atoms with Gasteiger partial charge in [0, 0.05) is 10.2 Å². The Labute approximate surface area is 196 Å². The molecule has 166 valence electrons. The van der Waals surface area contributed by atoms with E-state index in [1.165, 1.54) is 12.1 Å². The Hall–Kier alpha value is -3.10. The SMILES string of the molecule is C=CCOc1ccc(NC(=O)CN(c2ccc(Br)cc2)S(=O)(=O)c2ccc(C)cc2)cc1. The summed E-state index contributed by atoms with van der Waals surface area (Å²) in [6, 6.07) is 20.1. The smallest absolute Gasteiger partial charge is 0.264 e. The van der Waals surface area contributed by atoms with Gasteiger partial charge >= 0.3 is 0 Å². The number of ether oxygens (including phenoxy) is 1. The summed E-state index contributed by atoms with van der Waals surface area (Å²) < 4.78 is 34.1. The summed E-state index contributed by atoms with van der Waals surface area (Å²) in [5.41, 5.74) is 1.86. The molecule has 0 radical (unpaired) electrons. The standard InChI is InChI=1S/C24H23BrN2O4S/c1-3-16-31-22-12-8-20(9-13-22)26-24(28)17-27(21-10-6-19(25)7-11-21)32(29,30)23-14-4-18(2)5-15-23/h3-15H,1,16-17H2,2H3,(H,26,28). The summed E-state index contributed by atoms with van der Waals surface area (Å²) >= 11 is 3.35. The zero-order valence-electron chi connectivity index (χ0n) is 17.5. The van der Waals surface area contributed by atoms with Gasteiger partial charge in [-0.1, -0.05) is 46.3 Å². The van der Waals surface area contributed by atoms with Crippen LogP contribution in [0.4, 0.5) is 11.4 Å². The van der Waals surface area contributed by atoms with E-state index in [9.17, 15) is 13.2 Å². The summed E-state index contributed by atoms with van der Waals surface area (Å²) in [6.45, 7) is 5.47. The first kappa shape index (κ1) is 23.6. The van der Waals surface area contributed by atoms with Gasteiger partial charge in [0.15, 0.2) is 0 Å². The number of aryl methyl sites for hydroxylation is 1. The van der Waals surface area contributed by atoms with Crippen LogP contribution in [0.3, 0.4) is 0 Å². The minimum Gasteiger partial charge on any atom is -0.490 e. The van der Waals surface area contributed by atoms with Crippen molar-refractivity contribution >= 4 is 43.2 Å². The lowest BCUT2D eigenvalue weighted by molar-refractivity contribution is -0.114. The minimum atomic E-state index is -3.96. The summed E-state index contributed by atoms with van der Waals surface area (Å²) in [4.78, 5) is 12.9. The number of benzene rings is 3. The lowest BCUT2D eigenvalue weighted by Crippen LogP contribution is -2.38. The van der Waals surface area contributed by atoms with E-state index < -0.39 is 15.9 Å². The molecule has 32 heavy (non-hydrogen) atoms. The number of hydrogen-bond donors (Lipinski definition) is 1. The van der Waals surface area contributed by atoms with Gasteiger partial charge in [0.05, 0.1) is 10.6 Å². The molecule has 0 saturated carbocycles. The van der Waals surface area contributed by atoms with Gasteiger partial charge in [0.25, 0.3) is 10.0 Å². The van der Waals surface area contributed by atoms with E-state index >= 15 is 0 Å². The van der Waals surface area contributed by atoms with Gasteiger partial charge in [-0.05, 0) is 67.6 Å². The average molecular weight is 515 g/mol. The second kappa shape index (κ2) is 10.5. The number of amides is 1. The number of rotatable bonds is 9. The molecule has 0 aliphatic heterocycles. The zero-order valence-corrected chi connectivity index (χ0v) is 19.9. The Morgan fingerprint density at radius 1 is 1.03 bits per heavy atom. The van der Waals surface area contributed by atoms with Crippen LogP contribution < -0.4 is 14.4 Å². The molecule has 3 aromatic carbocycles. The highest BCUT2D eigenvalue weighted by Gasteiger charge is 2.27. The molecule has 3 rings (SSSR count). The van der Waals surface area contributed by atoms with Gasteiger partial charge in [-0.25, -0.2) is 8.42 Å². The molecule has 0 heterocycles. The van der Waals surface area contributed by atoms with E-state index in [0.29, 0.717) is 23.7 Å². The molecule has 0 aromatic heterocycles. The van der Waals surface area contributed by atoms with Crippen molar-refractivity contribution in [2.24, 2.45) is 0 Å². The highest BCUT2D eigenvalue weighted by molar-refractivity contribution is 9.10. The van der Waals surface area contributed by atoms with Crippen LogP contribution in [-0.2, 0) is 14.8 Å². The van der Waals surface area contributed by atoms with Crippen molar-refractivity contribution in [3.05, 3.63) is 95.5 Å². The third-order valence-corrected chi connectivity index (χ3v) is 6.83. The molecule has 0 aliphatic carbocycles. The molecule has 6 nitrogen and oxygen atoms in total. The van der Waals surface area contributed by atoms with Crippen LogP contribution in [0.25, 0.3) is 0 Å². The van der Waals surface area contributed by atoms with Gasteiger partial charge in [0.2, 0.25) is 5.91 Å². The molecular formula is C24H23BrN2O4S. The predicted octanol–water partition coefficient (Wildman–Crippen LogP) is 5.16. The summed E-state index contributed by atoms with van der Waals surface area (Å²) in [7, 11) is -3.96. The molecule has 1 N–H and O–H groups in total. The van der Waals surface area contributed by atoms with Gasteiger partial charge in [-0.15, -0.1) is 0 Å². The van der Waals surface area contributed by atoms with Crippen LogP contribution >= 0.6 is 15.9 Å². The highest BCUT2D eigenvalue weighted by Crippen LogP contribution is 2.26. The van der Waals surface area contributed by atoms with Gasteiger partial charge in [-0.3, -0.25) is 9.10 Å². The van der Waals surface area contributed by atoms with E-state index in [-0.39, 0.29) is 11.4 Å². The largest absolute Gasteiger partial charge is 0.490 e. The second-order valence-corrected chi connectivity index (χ2v) is 9.75. The average Bonchev–Trinajstić information content (AvgIpc) is 2.78. The van der Waals surface area contributed by atoms with Gasteiger partial charge < -0.3 is 10.1 Å². The molecule has 0 unspecified atom stereocenters. The minimum absolute atomic E-state index is 0.113. The molecule has 8 heteroatoms. The molecule has 0 fully saturated rings. The fourth-order valence-electron chi connectivity index (χ4n) is 2.88. The number of nitrogens with one attached hydrogen (secondary N) is 1. The molecule has 3 aromatic rings. The number of sulfonamides is 1. The quantitative estimate of drug-likeness (QED) is 0.400. The first-order chi connectivity index (χ1) is 15.3. The van der Waals surface area contributed by atoms with Crippen molar-refractivity contribution in [3.63, 3.8) is 0 Å². The topological polar surface area (TPSA) is 75.7 Å². The van der Waals surface area contributed by atoms with Crippen LogP contribution in [0.15, 0.2) is 94.8 Å². The van der Waals surface area contributed by atoms with E-state index in [1.54, 1.807) is 66.7 Å². The van der Waals surface area contributed by atoms with Crippen LogP contribution in [-0.4, -0.2) is 27.5 Å². The molecule has 0 bridgehead atoms. The molecule has 0 spiro atoms. The Morgan fingerprint density at radius 3 is 2.25 bits per heavy atom. The van der Waals surface area contributed by atoms with Gasteiger partial charge in [0.1, 0.15) is 18.9 Å². The van der Waals surface area contributed by atoms with Crippen LogP contribution in [0.2, 0.25) is 0 Å². The fraction of sp³-hybridized carbons (Fsp3) is 0.125. The lowest BCUT2D eigenvalue weighted by Gasteiger charge is -2.24. The number of carbonyl (C=O) groups excluding carboxylic acids is 1. The first-order valence-electron chi connectivity index (χ1n) is 9.78. The first-order valence-corrected chi connectivity index (χ1v) is 12.0. The number of hydrogen-bond acceptors (Lipinski definition) is 4. The summed E-state index contributed by atoms with van der Waals surface area (Å²) in [6.07, 6.45) is 1.64. The second-order valence-electron chi connectivity index (χ2n) is 6.97. The van der Waals surface area contributed by atoms with Crippen molar-refractivity contribution in [2.45, 2.75) is 11.8 Å². The Kier molecular flexibility index (Phi) is 7.71. The normalized spacial score (nSPS) is 10.9. The van der Waals surface area contributed by atoms with Crippen LogP contribution in [0, 0.1) is 6.92 Å². The zero-order chi connectivity index (χ0) is 23.1. The van der Waals surface area contributed by atoms with Crippen LogP contribution in [0.5, 0.6) is 5.75 Å². The predicted molar refractivity (Wildman–Crippen MR) is 131 cm³/mol.